The number of halogens is 1. The molecule has 0 bridgehead atoms. The highest BCUT2D eigenvalue weighted by Crippen LogP contribution is 2.16. The first-order chi connectivity index (χ1) is 6.09. The van der Waals surface area contributed by atoms with Crippen molar-refractivity contribution in [1.82, 2.24) is 0 Å². The van der Waals surface area contributed by atoms with Gasteiger partial charge in [-0.15, -0.1) is 0 Å². The topological polar surface area (TPSA) is 63.4 Å². The summed E-state index contributed by atoms with van der Waals surface area (Å²) in [7, 11) is 0. The maximum absolute atomic E-state index is 12.7. The van der Waals surface area contributed by atoms with E-state index in [4.69, 9.17) is 5.11 Å². The number of nitro groups is 1. The molecule has 5 heteroatoms. The lowest BCUT2D eigenvalue weighted by Gasteiger charge is -1.98. The summed E-state index contributed by atoms with van der Waals surface area (Å²) in [5.74, 6) is -1.19. The van der Waals surface area contributed by atoms with E-state index < -0.39 is 16.5 Å². The van der Waals surface area contributed by atoms with Crippen LogP contribution < -0.4 is 0 Å². The highest BCUT2D eigenvalue weighted by Gasteiger charge is 2.04. The molecule has 0 unspecified atom stereocenters. The van der Waals surface area contributed by atoms with Gasteiger partial charge in [0.15, 0.2) is 11.6 Å². The first-order valence-electron chi connectivity index (χ1n) is 3.69. The van der Waals surface area contributed by atoms with Crippen molar-refractivity contribution in [2.24, 2.45) is 0 Å². The van der Waals surface area contributed by atoms with Crippen LogP contribution in [0, 0.1) is 15.9 Å². The quantitative estimate of drug-likeness (QED) is 0.571. The average Bonchev–Trinajstić information content (AvgIpc) is 2.07. The van der Waals surface area contributed by atoms with Crippen molar-refractivity contribution in [2.45, 2.75) is 6.42 Å². The highest BCUT2D eigenvalue weighted by atomic mass is 19.1. The number of rotatable bonds is 3. The number of hydrogen-bond donors (Lipinski definition) is 1. The van der Waals surface area contributed by atoms with Crippen LogP contribution in [0.2, 0.25) is 0 Å². The van der Waals surface area contributed by atoms with Gasteiger partial charge >= 0.3 is 0 Å². The van der Waals surface area contributed by atoms with E-state index in [1.807, 2.05) is 0 Å². The van der Waals surface area contributed by atoms with Crippen molar-refractivity contribution in [3.05, 3.63) is 39.7 Å². The summed E-state index contributed by atoms with van der Waals surface area (Å²) in [6.07, 6.45) is 0.171. The molecule has 4 nitrogen and oxygen atoms in total. The van der Waals surface area contributed by atoms with E-state index in [9.17, 15) is 14.5 Å². The van der Waals surface area contributed by atoms with Crippen molar-refractivity contribution in [1.29, 1.82) is 0 Å². The van der Waals surface area contributed by atoms with Crippen LogP contribution in [-0.2, 0) is 6.42 Å². The van der Waals surface area contributed by atoms with Gasteiger partial charge < -0.3 is 5.11 Å². The SMILES string of the molecule is O=[N+]([O-])CCc1ccc(O)c(F)c1. The second-order valence-corrected chi connectivity index (χ2v) is 2.59. The molecule has 0 aliphatic heterocycles. The standard InChI is InChI=1S/C8H8FNO3/c9-7-5-6(1-2-8(7)11)3-4-10(12)13/h1-2,5,11H,3-4H2. The Morgan fingerprint density at radius 2 is 2.23 bits per heavy atom. The van der Waals surface area contributed by atoms with Gasteiger partial charge in [-0.25, -0.2) is 4.39 Å². The summed E-state index contributed by atoms with van der Waals surface area (Å²) >= 11 is 0. The number of phenolic OH excluding ortho intramolecular Hbond substituents is 1. The molecule has 0 atom stereocenters. The number of benzene rings is 1. The molecule has 1 aromatic rings. The summed E-state index contributed by atoms with van der Waals surface area (Å²) in [5.41, 5.74) is 0.506. The molecule has 0 amide bonds. The molecular weight excluding hydrogens is 177 g/mol. The Morgan fingerprint density at radius 1 is 1.54 bits per heavy atom. The fourth-order valence-corrected chi connectivity index (χ4v) is 0.926. The zero-order valence-corrected chi connectivity index (χ0v) is 6.74. The minimum atomic E-state index is -0.749. The van der Waals surface area contributed by atoms with Gasteiger partial charge in [0.1, 0.15) is 0 Å². The number of aromatic hydroxyl groups is 1. The van der Waals surface area contributed by atoms with Crippen LogP contribution in [0.3, 0.4) is 0 Å². The van der Waals surface area contributed by atoms with Crippen LogP contribution in [0.15, 0.2) is 18.2 Å². The van der Waals surface area contributed by atoms with Gasteiger partial charge in [-0.3, -0.25) is 10.1 Å². The number of phenols is 1. The average molecular weight is 185 g/mol. The van der Waals surface area contributed by atoms with Gasteiger partial charge in [-0.2, -0.15) is 0 Å². The van der Waals surface area contributed by atoms with E-state index in [0.717, 1.165) is 6.07 Å². The molecule has 1 rings (SSSR count). The zero-order valence-electron chi connectivity index (χ0n) is 6.74. The van der Waals surface area contributed by atoms with E-state index in [0.29, 0.717) is 5.56 Å². The second kappa shape index (κ2) is 3.84. The predicted molar refractivity (Wildman–Crippen MR) is 43.6 cm³/mol. The minimum Gasteiger partial charge on any atom is -0.505 e. The van der Waals surface area contributed by atoms with Gasteiger partial charge in [0, 0.05) is 11.3 Å². The predicted octanol–water partition coefficient (Wildman–Crippen LogP) is 1.35. The van der Waals surface area contributed by atoms with Crippen LogP contribution in [0.1, 0.15) is 5.56 Å². The Labute approximate surface area is 73.8 Å². The molecule has 1 aromatic carbocycles. The second-order valence-electron chi connectivity index (χ2n) is 2.59. The fourth-order valence-electron chi connectivity index (χ4n) is 0.926. The molecule has 0 saturated carbocycles. The van der Waals surface area contributed by atoms with Gasteiger partial charge in [-0.1, -0.05) is 6.07 Å². The van der Waals surface area contributed by atoms with Crippen LogP contribution in [0.25, 0.3) is 0 Å². The van der Waals surface area contributed by atoms with Crippen molar-refractivity contribution >= 4 is 0 Å². The highest BCUT2D eigenvalue weighted by molar-refractivity contribution is 5.27. The van der Waals surface area contributed by atoms with Crippen LogP contribution >= 0.6 is 0 Å². The lowest BCUT2D eigenvalue weighted by molar-refractivity contribution is -0.479. The lowest BCUT2D eigenvalue weighted by atomic mass is 10.1. The fraction of sp³-hybridized carbons (Fsp3) is 0.250. The van der Waals surface area contributed by atoms with Crippen LogP contribution in [0.5, 0.6) is 5.75 Å². The van der Waals surface area contributed by atoms with E-state index in [-0.39, 0.29) is 13.0 Å². The smallest absolute Gasteiger partial charge is 0.207 e. The summed E-state index contributed by atoms with van der Waals surface area (Å²) in [6, 6.07) is 3.74. The van der Waals surface area contributed by atoms with E-state index in [2.05, 4.69) is 0 Å². The van der Waals surface area contributed by atoms with E-state index in [1.54, 1.807) is 0 Å². The first kappa shape index (κ1) is 9.44. The monoisotopic (exact) mass is 185 g/mol. The van der Waals surface area contributed by atoms with Gasteiger partial charge in [0.05, 0.1) is 0 Å². The summed E-state index contributed by atoms with van der Waals surface area (Å²) < 4.78 is 12.7. The Balaban J connectivity index is 2.68. The molecule has 0 heterocycles. The molecule has 0 aliphatic rings. The molecule has 0 aromatic heterocycles. The molecular formula is C8H8FNO3. The Bertz CT molecular complexity index is 327. The normalized spacial score (nSPS) is 9.92. The van der Waals surface area contributed by atoms with Crippen LogP contribution in [-0.4, -0.2) is 16.6 Å². The van der Waals surface area contributed by atoms with Gasteiger partial charge in [-0.05, 0) is 17.7 Å². The summed E-state index contributed by atoms with van der Waals surface area (Å²) in [6.45, 7) is -0.232. The minimum absolute atomic E-state index is 0.171. The summed E-state index contributed by atoms with van der Waals surface area (Å²) in [5, 5.41) is 18.8. The van der Waals surface area contributed by atoms with Crippen molar-refractivity contribution in [2.75, 3.05) is 6.54 Å². The zero-order chi connectivity index (χ0) is 9.84. The third-order valence-corrected chi connectivity index (χ3v) is 1.60. The number of hydrogen-bond acceptors (Lipinski definition) is 3. The van der Waals surface area contributed by atoms with E-state index in [1.165, 1.54) is 12.1 Å². The van der Waals surface area contributed by atoms with Gasteiger partial charge in [0.25, 0.3) is 0 Å². The lowest BCUT2D eigenvalue weighted by Crippen LogP contribution is -2.03. The Hall–Kier alpha value is -1.65. The molecule has 0 fully saturated rings. The third-order valence-electron chi connectivity index (χ3n) is 1.60. The molecule has 0 radical (unpaired) electrons. The molecule has 1 N–H and O–H groups in total. The van der Waals surface area contributed by atoms with E-state index >= 15 is 0 Å². The maximum atomic E-state index is 12.7. The van der Waals surface area contributed by atoms with Crippen LogP contribution in [0.4, 0.5) is 4.39 Å². The Kier molecular flexibility index (Phi) is 2.79. The molecule has 0 saturated heterocycles. The molecule has 13 heavy (non-hydrogen) atoms. The van der Waals surface area contributed by atoms with Crippen molar-refractivity contribution in [3.8, 4) is 5.75 Å². The number of nitrogens with zero attached hydrogens (tertiary/aromatic N) is 1. The largest absolute Gasteiger partial charge is 0.505 e. The molecule has 0 spiro atoms. The molecule has 70 valence electrons. The first-order valence-corrected chi connectivity index (χ1v) is 3.69. The van der Waals surface area contributed by atoms with Crippen molar-refractivity contribution < 1.29 is 14.4 Å². The van der Waals surface area contributed by atoms with Gasteiger partial charge in [0.2, 0.25) is 6.54 Å². The summed E-state index contributed by atoms with van der Waals surface area (Å²) in [4.78, 5) is 9.52. The Morgan fingerprint density at radius 3 is 2.77 bits per heavy atom. The maximum Gasteiger partial charge on any atom is 0.207 e. The molecule has 0 aliphatic carbocycles. The third kappa shape index (κ3) is 2.70. The van der Waals surface area contributed by atoms with Crippen molar-refractivity contribution in [3.63, 3.8) is 0 Å².